The second-order valence-corrected chi connectivity index (χ2v) is 7.15. The van der Waals surface area contributed by atoms with Crippen LogP contribution in [0.3, 0.4) is 0 Å². The first kappa shape index (κ1) is 26.9. The Hall–Kier alpha value is -2.09. The second kappa shape index (κ2) is 13.3. The summed E-state index contributed by atoms with van der Waals surface area (Å²) in [6, 6.07) is 7.31. The standard InChI is InChI=1S/C19H24F3N5O2S.HI/c1-2-24-18(26-10-8-17-27-15(12-30-17)19(20,21)22)25-9-7-13-3-5-14(6-4-13)29-11-16(23)28;/h3-6,12H,2,7-11H2,1H3,(H2,23,28)(H2,24,25,26);1H. The lowest BCUT2D eigenvalue weighted by Crippen LogP contribution is -2.38. The number of nitrogens with two attached hydrogens (primary N) is 1. The number of amides is 1. The molecule has 172 valence electrons. The van der Waals surface area contributed by atoms with Crippen LogP contribution in [0.25, 0.3) is 0 Å². The van der Waals surface area contributed by atoms with Crippen LogP contribution in [0.2, 0.25) is 0 Å². The van der Waals surface area contributed by atoms with Crippen molar-refractivity contribution in [3.63, 3.8) is 0 Å². The fourth-order valence-electron chi connectivity index (χ4n) is 2.39. The molecule has 12 heteroatoms. The Bertz CT molecular complexity index is 844. The zero-order valence-corrected chi connectivity index (χ0v) is 20.0. The van der Waals surface area contributed by atoms with Gasteiger partial charge in [0.25, 0.3) is 5.91 Å². The van der Waals surface area contributed by atoms with E-state index in [1.54, 1.807) is 12.1 Å². The number of aliphatic imine (C=N–C) groups is 1. The number of benzene rings is 1. The summed E-state index contributed by atoms with van der Waals surface area (Å²) in [5, 5.41) is 7.71. The highest BCUT2D eigenvalue weighted by atomic mass is 127. The number of carbonyl (C=O) groups is 1. The highest BCUT2D eigenvalue weighted by Gasteiger charge is 2.33. The Morgan fingerprint density at radius 3 is 2.52 bits per heavy atom. The first-order chi connectivity index (χ1) is 14.3. The maximum atomic E-state index is 12.6. The second-order valence-electron chi connectivity index (χ2n) is 6.21. The van der Waals surface area contributed by atoms with Crippen molar-refractivity contribution in [1.82, 2.24) is 15.6 Å². The number of hydrogen-bond acceptors (Lipinski definition) is 5. The monoisotopic (exact) mass is 571 g/mol. The van der Waals surface area contributed by atoms with E-state index in [2.05, 4.69) is 20.6 Å². The molecule has 31 heavy (non-hydrogen) atoms. The molecule has 0 aliphatic rings. The van der Waals surface area contributed by atoms with Crippen molar-refractivity contribution in [2.45, 2.75) is 25.9 Å². The number of carbonyl (C=O) groups excluding carboxylic acids is 1. The molecule has 1 aromatic carbocycles. The lowest BCUT2D eigenvalue weighted by atomic mass is 10.1. The Morgan fingerprint density at radius 2 is 1.94 bits per heavy atom. The number of thiazole rings is 1. The highest BCUT2D eigenvalue weighted by molar-refractivity contribution is 14.0. The van der Waals surface area contributed by atoms with Crippen LogP contribution in [0.4, 0.5) is 13.2 Å². The summed E-state index contributed by atoms with van der Waals surface area (Å²) in [6.45, 7) is 3.36. The van der Waals surface area contributed by atoms with Gasteiger partial charge in [0, 0.05) is 31.4 Å². The van der Waals surface area contributed by atoms with Gasteiger partial charge in [0.15, 0.2) is 18.3 Å². The number of nitrogens with zero attached hydrogens (tertiary/aromatic N) is 2. The van der Waals surface area contributed by atoms with E-state index in [0.29, 0.717) is 42.8 Å². The molecule has 0 atom stereocenters. The van der Waals surface area contributed by atoms with Gasteiger partial charge in [-0.3, -0.25) is 9.79 Å². The van der Waals surface area contributed by atoms with Gasteiger partial charge < -0.3 is 21.1 Å². The zero-order valence-electron chi connectivity index (χ0n) is 16.9. The summed E-state index contributed by atoms with van der Waals surface area (Å²) in [7, 11) is 0. The minimum absolute atomic E-state index is 0. The molecule has 0 aliphatic carbocycles. The Kier molecular flexibility index (Phi) is 11.6. The van der Waals surface area contributed by atoms with Gasteiger partial charge in [-0.1, -0.05) is 12.1 Å². The summed E-state index contributed by atoms with van der Waals surface area (Å²) in [4.78, 5) is 18.7. The van der Waals surface area contributed by atoms with Crippen molar-refractivity contribution in [1.29, 1.82) is 0 Å². The summed E-state index contributed by atoms with van der Waals surface area (Å²) < 4.78 is 43.0. The third-order valence-corrected chi connectivity index (χ3v) is 4.70. The van der Waals surface area contributed by atoms with E-state index < -0.39 is 17.8 Å². The molecule has 0 radical (unpaired) electrons. The van der Waals surface area contributed by atoms with E-state index in [4.69, 9.17) is 10.5 Å². The molecule has 7 nitrogen and oxygen atoms in total. The van der Waals surface area contributed by atoms with Crippen molar-refractivity contribution >= 4 is 47.2 Å². The molecule has 2 aromatic rings. The Morgan fingerprint density at radius 1 is 1.23 bits per heavy atom. The van der Waals surface area contributed by atoms with Gasteiger partial charge in [-0.15, -0.1) is 35.3 Å². The van der Waals surface area contributed by atoms with Gasteiger partial charge in [-0.25, -0.2) is 4.98 Å². The van der Waals surface area contributed by atoms with E-state index in [9.17, 15) is 18.0 Å². The average Bonchev–Trinajstić information content (AvgIpc) is 3.17. The maximum Gasteiger partial charge on any atom is 0.434 e. The zero-order chi connectivity index (χ0) is 22.0. The Balaban J connectivity index is 0.00000480. The van der Waals surface area contributed by atoms with Gasteiger partial charge in [0.05, 0.1) is 5.01 Å². The van der Waals surface area contributed by atoms with Crippen LogP contribution in [0.15, 0.2) is 34.6 Å². The maximum absolute atomic E-state index is 12.6. The SMILES string of the molecule is CCNC(=NCCc1nc(C(F)(F)F)cs1)NCCc1ccc(OCC(N)=O)cc1.I. The topological polar surface area (TPSA) is 102 Å². The number of rotatable bonds is 10. The fourth-order valence-corrected chi connectivity index (χ4v) is 3.19. The number of halogens is 4. The molecule has 1 heterocycles. The van der Waals surface area contributed by atoms with Crippen LogP contribution < -0.4 is 21.1 Å². The molecular weight excluding hydrogens is 546 g/mol. The van der Waals surface area contributed by atoms with E-state index in [1.165, 1.54) is 0 Å². The number of aromatic nitrogens is 1. The number of nitrogens with one attached hydrogen (secondary N) is 2. The summed E-state index contributed by atoms with van der Waals surface area (Å²) in [5.41, 5.74) is 5.24. The largest absolute Gasteiger partial charge is 0.484 e. The molecule has 0 aliphatic heterocycles. The minimum Gasteiger partial charge on any atom is -0.484 e. The first-order valence-corrected chi connectivity index (χ1v) is 10.2. The molecular formula is C19H25F3IN5O2S. The van der Waals surface area contributed by atoms with Crippen LogP contribution >= 0.6 is 35.3 Å². The van der Waals surface area contributed by atoms with Crippen LogP contribution in [0.5, 0.6) is 5.75 Å². The number of primary amides is 1. The highest BCUT2D eigenvalue weighted by Crippen LogP contribution is 2.30. The van der Waals surface area contributed by atoms with E-state index in [1.807, 2.05) is 19.1 Å². The summed E-state index contributed by atoms with van der Waals surface area (Å²) in [5.74, 6) is 0.622. The lowest BCUT2D eigenvalue weighted by molar-refractivity contribution is -0.140. The predicted molar refractivity (Wildman–Crippen MR) is 125 cm³/mol. The van der Waals surface area contributed by atoms with Crippen molar-refractivity contribution in [2.75, 3.05) is 26.2 Å². The van der Waals surface area contributed by atoms with Crippen LogP contribution in [-0.2, 0) is 23.8 Å². The lowest BCUT2D eigenvalue weighted by Gasteiger charge is -2.11. The molecule has 1 aromatic heterocycles. The van der Waals surface area contributed by atoms with Crippen LogP contribution in [0, 0.1) is 0 Å². The quantitative estimate of drug-likeness (QED) is 0.231. The number of guanidine groups is 1. The van der Waals surface area contributed by atoms with Gasteiger partial charge >= 0.3 is 6.18 Å². The van der Waals surface area contributed by atoms with Gasteiger partial charge in [0.2, 0.25) is 0 Å². The third-order valence-electron chi connectivity index (χ3n) is 3.79. The van der Waals surface area contributed by atoms with Crippen molar-refractivity contribution in [3.05, 3.63) is 45.9 Å². The Labute approximate surface area is 199 Å². The van der Waals surface area contributed by atoms with Gasteiger partial charge in [-0.2, -0.15) is 13.2 Å². The van der Waals surface area contributed by atoms with Crippen LogP contribution in [-0.4, -0.2) is 43.1 Å². The molecule has 0 saturated carbocycles. The number of alkyl halides is 3. The normalized spacial score (nSPS) is 11.5. The van der Waals surface area contributed by atoms with Crippen molar-refractivity contribution < 1.29 is 22.7 Å². The minimum atomic E-state index is -4.42. The van der Waals surface area contributed by atoms with Gasteiger partial charge in [-0.05, 0) is 31.0 Å². The average molecular weight is 571 g/mol. The van der Waals surface area contributed by atoms with Crippen molar-refractivity contribution in [3.8, 4) is 5.75 Å². The molecule has 0 fully saturated rings. The molecule has 0 spiro atoms. The first-order valence-electron chi connectivity index (χ1n) is 9.31. The van der Waals surface area contributed by atoms with E-state index >= 15 is 0 Å². The van der Waals surface area contributed by atoms with E-state index in [0.717, 1.165) is 28.7 Å². The molecule has 2 rings (SSSR count). The van der Waals surface area contributed by atoms with E-state index in [-0.39, 0.29) is 30.6 Å². The number of hydrogen-bond donors (Lipinski definition) is 3. The summed E-state index contributed by atoms with van der Waals surface area (Å²) in [6.07, 6.45) is -3.35. The molecule has 1 amide bonds. The molecule has 0 bridgehead atoms. The predicted octanol–water partition coefficient (Wildman–Crippen LogP) is 2.98. The fraction of sp³-hybridized carbons (Fsp3) is 0.421. The third kappa shape index (κ3) is 10.2. The van der Waals surface area contributed by atoms with Crippen LogP contribution in [0.1, 0.15) is 23.2 Å². The molecule has 0 unspecified atom stereocenters. The number of ether oxygens (including phenoxy) is 1. The van der Waals surface area contributed by atoms with Gasteiger partial charge in [0.1, 0.15) is 5.75 Å². The molecule has 4 N–H and O–H groups in total. The summed E-state index contributed by atoms with van der Waals surface area (Å²) >= 11 is 0.986. The van der Waals surface area contributed by atoms with Crippen molar-refractivity contribution in [2.24, 2.45) is 10.7 Å². The smallest absolute Gasteiger partial charge is 0.434 e. The molecule has 0 saturated heterocycles.